The number of hydrogen-bond donors (Lipinski definition) is 1. The number of phenols is 1. The Labute approximate surface area is 419 Å². The van der Waals surface area contributed by atoms with Crippen molar-refractivity contribution >= 4 is 63.9 Å². The first kappa shape index (κ1) is 55.5. The van der Waals surface area contributed by atoms with E-state index in [0.717, 1.165) is 18.2 Å². The third-order valence-electron chi connectivity index (χ3n) is 9.77. The summed E-state index contributed by atoms with van der Waals surface area (Å²) in [5, 5.41) is 18.7. The first-order valence-corrected chi connectivity index (χ1v) is 31.3. The average Bonchev–Trinajstić information content (AvgIpc) is 3.79. The van der Waals surface area contributed by atoms with Crippen molar-refractivity contribution in [2.24, 2.45) is 0 Å². The van der Waals surface area contributed by atoms with Gasteiger partial charge in [0.25, 0.3) is 0 Å². The van der Waals surface area contributed by atoms with Gasteiger partial charge in [0.2, 0.25) is 21.2 Å². The van der Waals surface area contributed by atoms with Gasteiger partial charge < -0.3 is 28.8 Å². The molecular formula is C46H61Br3F2N8O6Si2. The maximum Gasteiger partial charge on any atom is 0.323 e. The minimum atomic E-state index is -1.20. The number of phenolic OH excluding ortho intramolecular Hbond substituents is 1. The second-order valence-corrected chi connectivity index (χ2v) is 31.7. The number of pyridine rings is 2. The van der Waals surface area contributed by atoms with E-state index in [0.29, 0.717) is 72.9 Å². The molecule has 14 nitrogen and oxygen atoms in total. The molecule has 0 unspecified atom stereocenters. The maximum absolute atomic E-state index is 14.6. The van der Waals surface area contributed by atoms with Gasteiger partial charge in [-0.1, -0.05) is 67.0 Å². The van der Waals surface area contributed by atoms with Gasteiger partial charge in [-0.3, -0.25) is 0 Å². The van der Waals surface area contributed by atoms with E-state index in [1.165, 1.54) is 44.5 Å². The van der Waals surface area contributed by atoms with Crippen molar-refractivity contribution in [1.29, 1.82) is 0 Å². The lowest BCUT2D eigenvalue weighted by atomic mass is 9.95. The summed E-state index contributed by atoms with van der Waals surface area (Å²) in [4.78, 5) is 16.6. The van der Waals surface area contributed by atoms with Crippen LogP contribution in [0.15, 0.2) is 75.1 Å². The van der Waals surface area contributed by atoms with E-state index in [1.807, 2.05) is 27.7 Å². The lowest BCUT2D eigenvalue weighted by Gasteiger charge is -2.19. The van der Waals surface area contributed by atoms with E-state index in [9.17, 15) is 13.9 Å². The maximum atomic E-state index is 14.6. The molecule has 0 atom stereocenters. The third-order valence-corrected chi connectivity index (χ3v) is 14.4. The number of methoxy groups -OCH3 is 2. The zero-order chi connectivity index (χ0) is 49.6. The van der Waals surface area contributed by atoms with Crippen molar-refractivity contribution in [3.05, 3.63) is 97.9 Å². The van der Waals surface area contributed by atoms with E-state index in [1.54, 1.807) is 46.0 Å². The smallest absolute Gasteiger partial charge is 0.323 e. The molecule has 67 heavy (non-hydrogen) atoms. The molecule has 364 valence electrons. The summed E-state index contributed by atoms with van der Waals surface area (Å²) in [5.41, 5.74) is 3.71. The normalized spacial score (nSPS) is 11.6. The van der Waals surface area contributed by atoms with Crippen molar-refractivity contribution < 1.29 is 37.6 Å². The summed E-state index contributed by atoms with van der Waals surface area (Å²) in [6.07, 6.45) is 3.18. The summed E-state index contributed by atoms with van der Waals surface area (Å²) < 4.78 is 61.1. The number of ether oxygens (including phenoxy) is 5. The molecule has 0 saturated carbocycles. The fourth-order valence-corrected chi connectivity index (χ4v) is 8.82. The Bertz CT molecular complexity index is 2540. The Kier molecular flexibility index (Phi) is 21.1. The molecule has 6 rings (SSSR count). The number of aromatic nitrogens is 8. The van der Waals surface area contributed by atoms with Crippen LogP contribution in [-0.2, 0) is 22.9 Å². The summed E-state index contributed by atoms with van der Waals surface area (Å²) in [7, 11) is 0.850. The number of rotatable bonds is 18. The van der Waals surface area contributed by atoms with Crippen molar-refractivity contribution in [3.63, 3.8) is 0 Å². The van der Waals surface area contributed by atoms with Crippen LogP contribution in [0.5, 0.6) is 29.3 Å². The zero-order valence-electron chi connectivity index (χ0n) is 40.1. The minimum absolute atomic E-state index is 0.00555. The second-order valence-electron chi connectivity index (χ2n) is 18.4. The number of halogens is 5. The van der Waals surface area contributed by atoms with Crippen LogP contribution in [0.3, 0.4) is 0 Å². The first-order valence-electron chi connectivity index (χ1n) is 21.5. The van der Waals surface area contributed by atoms with Crippen molar-refractivity contribution in [1.82, 2.24) is 39.5 Å². The number of aromatic hydroxyl groups is 1. The molecule has 2 aromatic carbocycles. The van der Waals surface area contributed by atoms with Gasteiger partial charge in [-0.25, -0.2) is 23.4 Å². The highest BCUT2D eigenvalue weighted by Gasteiger charge is 2.22. The standard InChI is InChI=1S/C23H30BrFN4O3Si.C15H16FNO2.C8H15Br2N3OSi/c1-15(2)18-12-17(25)13-19(16-7-8-26-20(11-16)30-3)21(18)32-23-27-22(24)28-29(23)14-31-9-10-33(4,5)6;1-9(2)12-7-11(16)8-13(15(12)18)10-4-5-17-14(6-10)19-3;1-15(2,3)5-4-14-6-13-8(10)11-7(9)12-13/h7-8,11-13,15H,9-10,14H2,1-6H3;4-9,18H,1-3H3;4-6H2,1-3H3. The molecular weight excluding hydrogens is 1090 g/mol. The lowest BCUT2D eigenvalue weighted by molar-refractivity contribution is 0.0727. The summed E-state index contributed by atoms with van der Waals surface area (Å²) >= 11 is 9.82. The molecule has 0 amide bonds. The van der Waals surface area contributed by atoms with Gasteiger partial charge in [0.1, 0.15) is 36.6 Å². The van der Waals surface area contributed by atoms with Gasteiger partial charge in [-0.05, 0) is 125 Å². The Balaban J connectivity index is 0.000000243. The van der Waals surface area contributed by atoms with Crippen LogP contribution in [0.1, 0.15) is 50.7 Å². The largest absolute Gasteiger partial charge is 0.507 e. The quantitative estimate of drug-likeness (QED) is 0.0644. The average molecular weight is 1160 g/mol. The molecule has 4 aromatic heterocycles. The molecule has 0 aliphatic carbocycles. The van der Waals surface area contributed by atoms with Crippen molar-refractivity contribution in [2.75, 3.05) is 27.4 Å². The van der Waals surface area contributed by atoms with Crippen molar-refractivity contribution in [2.45, 2.75) is 104 Å². The van der Waals surface area contributed by atoms with Gasteiger partial charge in [-0.2, -0.15) is 14.6 Å². The minimum Gasteiger partial charge on any atom is -0.507 e. The number of nitrogens with zero attached hydrogens (tertiary/aromatic N) is 8. The highest BCUT2D eigenvalue weighted by molar-refractivity contribution is 9.11. The molecule has 0 saturated heterocycles. The zero-order valence-corrected chi connectivity index (χ0v) is 46.9. The molecule has 4 heterocycles. The molecule has 6 aromatic rings. The molecule has 1 N–H and O–H groups in total. The number of benzene rings is 2. The van der Waals surface area contributed by atoms with E-state index < -0.39 is 16.1 Å². The third kappa shape index (κ3) is 17.7. The SMILES string of the molecule is COc1cc(-c2cc(F)cc(C(C)C)c2O)ccn1.COc1cc(-c2cc(F)cc(C(C)C)c2Oc2nc(Br)nn2COCC[Si](C)(C)C)ccn1.C[Si](C)(C)CCOCn1nc(Br)nc1Br. The van der Waals surface area contributed by atoms with E-state index in [2.05, 4.69) is 117 Å². The van der Waals surface area contributed by atoms with E-state index in [4.69, 9.17) is 23.7 Å². The van der Waals surface area contributed by atoms with E-state index >= 15 is 0 Å². The lowest BCUT2D eigenvalue weighted by Crippen LogP contribution is -2.22. The van der Waals surface area contributed by atoms with Crippen LogP contribution in [0.2, 0.25) is 51.4 Å². The van der Waals surface area contributed by atoms with E-state index in [-0.39, 0.29) is 42.0 Å². The summed E-state index contributed by atoms with van der Waals surface area (Å²) in [6, 6.07) is 15.0. The van der Waals surface area contributed by atoms with Crippen molar-refractivity contribution in [3.8, 4) is 51.5 Å². The molecule has 0 spiro atoms. The van der Waals surface area contributed by atoms with Gasteiger partial charge in [0.15, 0.2) is 4.73 Å². The molecule has 0 aliphatic heterocycles. The Morgan fingerprint density at radius 2 is 1.10 bits per heavy atom. The Morgan fingerprint density at radius 1 is 0.642 bits per heavy atom. The predicted molar refractivity (Wildman–Crippen MR) is 274 cm³/mol. The van der Waals surface area contributed by atoms with Gasteiger partial charge in [-0.15, -0.1) is 10.2 Å². The Morgan fingerprint density at radius 3 is 1.58 bits per heavy atom. The molecule has 21 heteroatoms. The highest BCUT2D eigenvalue weighted by atomic mass is 79.9. The molecule has 0 bridgehead atoms. The van der Waals surface area contributed by atoms with Crippen LogP contribution in [0, 0.1) is 11.6 Å². The Hall–Kier alpha value is -4.13. The monoisotopic (exact) mass is 1150 g/mol. The fraction of sp³-hybridized carbons (Fsp3) is 0.435. The van der Waals surface area contributed by atoms with Crippen LogP contribution in [-0.4, -0.2) is 88.2 Å². The predicted octanol–water partition coefficient (Wildman–Crippen LogP) is 13.3. The molecule has 0 radical (unpaired) electrons. The highest BCUT2D eigenvalue weighted by Crippen LogP contribution is 2.41. The second kappa shape index (κ2) is 25.5. The summed E-state index contributed by atoms with van der Waals surface area (Å²) in [5.74, 6) is 0.779. The fourth-order valence-electron chi connectivity index (χ4n) is 6.02. The molecule has 0 aliphatic rings. The topological polar surface area (TPSA) is 154 Å². The van der Waals surface area contributed by atoms with Gasteiger partial charge >= 0.3 is 6.01 Å². The van der Waals surface area contributed by atoms with Crippen LogP contribution >= 0.6 is 47.8 Å². The first-order chi connectivity index (χ1) is 31.5. The van der Waals surface area contributed by atoms with Crippen LogP contribution in [0.25, 0.3) is 22.3 Å². The van der Waals surface area contributed by atoms with Crippen LogP contribution in [0.4, 0.5) is 8.78 Å². The summed E-state index contributed by atoms with van der Waals surface area (Å²) in [6.45, 7) is 23.8. The number of hydrogen-bond acceptors (Lipinski definition) is 12. The molecule has 0 fully saturated rings. The van der Waals surface area contributed by atoms with Gasteiger partial charge in [0, 0.05) is 70.6 Å². The van der Waals surface area contributed by atoms with Gasteiger partial charge in [0.05, 0.1) is 14.2 Å². The van der Waals surface area contributed by atoms with Crippen LogP contribution < -0.4 is 14.2 Å².